The molecule has 2 aromatic rings. The van der Waals surface area contributed by atoms with Gasteiger partial charge in [0.15, 0.2) is 0 Å². The van der Waals surface area contributed by atoms with E-state index in [1.807, 2.05) is 12.4 Å². The molecule has 6 heteroatoms. The minimum atomic E-state index is 0.761. The first-order valence-corrected chi connectivity index (χ1v) is 8.34. The number of anilines is 2. The van der Waals surface area contributed by atoms with Crippen LogP contribution in [0.1, 0.15) is 42.8 Å². The van der Waals surface area contributed by atoms with Gasteiger partial charge in [-0.05, 0) is 19.8 Å². The normalized spacial score (nSPS) is 10.6. The van der Waals surface area contributed by atoms with E-state index in [9.17, 15) is 0 Å². The summed E-state index contributed by atoms with van der Waals surface area (Å²) in [6.45, 7) is 8.06. The zero-order chi connectivity index (χ0) is 15.1. The molecule has 114 valence electrons. The summed E-state index contributed by atoms with van der Waals surface area (Å²) in [6.07, 6.45) is 4.75. The van der Waals surface area contributed by atoms with Crippen molar-refractivity contribution in [3.05, 3.63) is 28.0 Å². The number of nitrogens with zero attached hydrogens (tertiary/aromatic N) is 3. The topological polar surface area (TPSA) is 62.7 Å². The van der Waals surface area contributed by atoms with Gasteiger partial charge in [-0.2, -0.15) is 0 Å². The molecule has 0 spiro atoms. The molecule has 2 rings (SSSR count). The van der Waals surface area contributed by atoms with Crippen LogP contribution >= 0.6 is 11.3 Å². The van der Waals surface area contributed by atoms with E-state index in [1.165, 1.54) is 10.4 Å². The SMILES string of the molecule is CCCNc1ncnc(NCc2scnc2C)c1CCC. The predicted octanol–water partition coefficient (Wildman–Crippen LogP) is 3.63. The molecule has 21 heavy (non-hydrogen) atoms. The Balaban J connectivity index is 2.15. The summed E-state index contributed by atoms with van der Waals surface area (Å²) in [6, 6.07) is 0. The quantitative estimate of drug-likeness (QED) is 0.780. The van der Waals surface area contributed by atoms with Gasteiger partial charge in [-0.15, -0.1) is 11.3 Å². The molecule has 0 aliphatic rings. The van der Waals surface area contributed by atoms with E-state index in [1.54, 1.807) is 17.7 Å². The molecule has 0 aliphatic heterocycles. The smallest absolute Gasteiger partial charge is 0.135 e. The lowest BCUT2D eigenvalue weighted by atomic mass is 10.1. The van der Waals surface area contributed by atoms with Crippen molar-refractivity contribution >= 4 is 23.0 Å². The number of nitrogens with one attached hydrogen (secondary N) is 2. The lowest BCUT2D eigenvalue weighted by Gasteiger charge is -2.14. The third kappa shape index (κ3) is 4.14. The Kier molecular flexibility index (Phi) is 5.92. The molecule has 0 atom stereocenters. The van der Waals surface area contributed by atoms with Crippen molar-refractivity contribution in [2.75, 3.05) is 17.2 Å². The molecular formula is C15H23N5S. The van der Waals surface area contributed by atoms with Crippen molar-refractivity contribution in [2.45, 2.75) is 46.6 Å². The first-order valence-electron chi connectivity index (χ1n) is 7.46. The van der Waals surface area contributed by atoms with Gasteiger partial charge in [-0.1, -0.05) is 20.3 Å². The molecule has 0 radical (unpaired) electrons. The van der Waals surface area contributed by atoms with Gasteiger partial charge in [0.1, 0.15) is 18.0 Å². The van der Waals surface area contributed by atoms with Crippen molar-refractivity contribution in [3.8, 4) is 0 Å². The Morgan fingerprint density at radius 3 is 2.43 bits per heavy atom. The second-order valence-corrected chi connectivity index (χ2v) is 5.88. The van der Waals surface area contributed by atoms with E-state index >= 15 is 0 Å². The van der Waals surface area contributed by atoms with Gasteiger partial charge < -0.3 is 10.6 Å². The van der Waals surface area contributed by atoms with E-state index < -0.39 is 0 Å². The molecule has 5 nitrogen and oxygen atoms in total. The summed E-state index contributed by atoms with van der Waals surface area (Å²) in [4.78, 5) is 14.3. The molecule has 2 heterocycles. The van der Waals surface area contributed by atoms with E-state index in [0.717, 1.165) is 49.7 Å². The zero-order valence-corrected chi connectivity index (χ0v) is 13.8. The summed E-state index contributed by atoms with van der Waals surface area (Å²) in [7, 11) is 0. The molecule has 0 saturated carbocycles. The van der Waals surface area contributed by atoms with E-state index in [4.69, 9.17) is 0 Å². The van der Waals surface area contributed by atoms with Gasteiger partial charge in [0.25, 0.3) is 0 Å². The number of aryl methyl sites for hydroxylation is 1. The van der Waals surface area contributed by atoms with Crippen LogP contribution in [0.4, 0.5) is 11.6 Å². The highest BCUT2D eigenvalue weighted by Gasteiger charge is 2.11. The fourth-order valence-corrected chi connectivity index (χ4v) is 2.82. The van der Waals surface area contributed by atoms with Gasteiger partial charge >= 0.3 is 0 Å². The molecular weight excluding hydrogens is 282 g/mol. The maximum Gasteiger partial charge on any atom is 0.135 e. The Morgan fingerprint density at radius 1 is 1.05 bits per heavy atom. The van der Waals surface area contributed by atoms with Gasteiger partial charge in [0, 0.05) is 17.0 Å². The van der Waals surface area contributed by atoms with Crippen molar-refractivity contribution in [1.29, 1.82) is 0 Å². The second-order valence-electron chi connectivity index (χ2n) is 4.94. The van der Waals surface area contributed by atoms with Gasteiger partial charge in [-0.3, -0.25) is 0 Å². The van der Waals surface area contributed by atoms with Crippen LogP contribution < -0.4 is 10.6 Å². The van der Waals surface area contributed by atoms with Crippen LogP contribution in [0.5, 0.6) is 0 Å². The Morgan fingerprint density at radius 2 is 1.81 bits per heavy atom. The lowest BCUT2D eigenvalue weighted by molar-refractivity contribution is 0.886. The number of hydrogen-bond acceptors (Lipinski definition) is 6. The molecule has 0 aromatic carbocycles. The number of thiazole rings is 1. The lowest BCUT2D eigenvalue weighted by Crippen LogP contribution is -2.11. The van der Waals surface area contributed by atoms with Crippen LogP contribution in [0.15, 0.2) is 11.8 Å². The summed E-state index contributed by atoms with van der Waals surface area (Å²) >= 11 is 1.67. The van der Waals surface area contributed by atoms with Crippen LogP contribution in [-0.2, 0) is 13.0 Å². The number of hydrogen-bond donors (Lipinski definition) is 2. The highest BCUT2D eigenvalue weighted by molar-refractivity contribution is 7.09. The molecule has 2 N–H and O–H groups in total. The van der Waals surface area contributed by atoms with E-state index in [-0.39, 0.29) is 0 Å². The van der Waals surface area contributed by atoms with E-state index in [2.05, 4.69) is 39.4 Å². The number of aromatic nitrogens is 3. The molecule has 0 unspecified atom stereocenters. The summed E-state index contributed by atoms with van der Waals surface area (Å²) in [5.41, 5.74) is 4.14. The van der Waals surface area contributed by atoms with Crippen LogP contribution in [0.3, 0.4) is 0 Å². The first-order chi connectivity index (χ1) is 10.3. The minimum absolute atomic E-state index is 0.761. The zero-order valence-electron chi connectivity index (χ0n) is 12.9. The Bertz CT molecular complexity index is 567. The van der Waals surface area contributed by atoms with Crippen LogP contribution in [0.25, 0.3) is 0 Å². The maximum atomic E-state index is 4.42. The fraction of sp³-hybridized carbons (Fsp3) is 0.533. The third-order valence-electron chi connectivity index (χ3n) is 3.25. The molecule has 0 aliphatic carbocycles. The number of rotatable bonds is 8. The summed E-state index contributed by atoms with van der Waals surface area (Å²) < 4.78 is 0. The third-order valence-corrected chi connectivity index (χ3v) is 4.18. The standard InChI is InChI=1S/C15H23N5S/c1-4-6-12-14(16-7-5-2)18-9-19-15(12)17-8-13-11(3)20-10-21-13/h9-10H,4-8H2,1-3H3,(H2,16,17,18,19). The van der Waals surface area contributed by atoms with Crippen LogP contribution in [0.2, 0.25) is 0 Å². The monoisotopic (exact) mass is 305 g/mol. The van der Waals surface area contributed by atoms with Crippen molar-refractivity contribution < 1.29 is 0 Å². The van der Waals surface area contributed by atoms with Gasteiger partial charge in [0.05, 0.1) is 17.7 Å². The van der Waals surface area contributed by atoms with Crippen molar-refractivity contribution in [2.24, 2.45) is 0 Å². The average molecular weight is 305 g/mol. The second kappa shape index (κ2) is 7.93. The highest BCUT2D eigenvalue weighted by atomic mass is 32.1. The van der Waals surface area contributed by atoms with Gasteiger partial charge in [0.2, 0.25) is 0 Å². The molecule has 0 saturated heterocycles. The average Bonchev–Trinajstić information content (AvgIpc) is 2.90. The molecule has 0 amide bonds. The maximum absolute atomic E-state index is 4.42. The summed E-state index contributed by atoms with van der Waals surface area (Å²) in [5.74, 6) is 1.88. The fourth-order valence-electron chi connectivity index (χ4n) is 2.11. The molecule has 0 bridgehead atoms. The minimum Gasteiger partial charge on any atom is -0.370 e. The first kappa shape index (κ1) is 15.7. The Hall–Kier alpha value is -1.69. The summed E-state index contributed by atoms with van der Waals surface area (Å²) in [5, 5.41) is 6.83. The van der Waals surface area contributed by atoms with Crippen molar-refractivity contribution in [3.63, 3.8) is 0 Å². The largest absolute Gasteiger partial charge is 0.370 e. The predicted molar refractivity (Wildman–Crippen MR) is 89.0 cm³/mol. The molecule has 2 aromatic heterocycles. The molecule has 0 fully saturated rings. The van der Waals surface area contributed by atoms with Crippen LogP contribution in [-0.4, -0.2) is 21.5 Å². The van der Waals surface area contributed by atoms with Crippen molar-refractivity contribution in [1.82, 2.24) is 15.0 Å². The Labute approximate surface area is 130 Å². The van der Waals surface area contributed by atoms with Gasteiger partial charge in [-0.25, -0.2) is 15.0 Å². The highest BCUT2D eigenvalue weighted by Crippen LogP contribution is 2.23. The van der Waals surface area contributed by atoms with Crippen LogP contribution in [0, 0.1) is 6.92 Å². The van der Waals surface area contributed by atoms with E-state index in [0.29, 0.717) is 0 Å².